The second-order valence-electron chi connectivity index (χ2n) is 4.21. The minimum absolute atomic E-state index is 0.289. The molecule has 0 atom stereocenters. The highest BCUT2D eigenvalue weighted by atomic mass is 35.5. The van der Waals surface area contributed by atoms with E-state index in [1.54, 1.807) is 18.2 Å². The van der Waals surface area contributed by atoms with E-state index < -0.39 is 0 Å². The summed E-state index contributed by atoms with van der Waals surface area (Å²) in [5, 5.41) is 3.82. The Hall–Kier alpha value is -1.91. The predicted molar refractivity (Wildman–Crippen MR) is 81.2 cm³/mol. The lowest BCUT2D eigenvalue weighted by atomic mass is 10.2. The van der Waals surface area contributed by atoms with Crippen LogP contribution in [-0.2, 0) is 0 Å². The highest BCUT2D eigenvalue weighted by Gasteiger charge is 2.17. The van der Waals surface area contributed by atoms with Crippen molar-refractivity contribution in [2.75, 3.05) is 5.32 Å². The number of halogens is 2. The van der Waals surface area contributed by atoms with Crippen LogP contribution in [0.3, 0.4) is 0 Å². The third kappa shape index (κ3) is 2.40. The number of amides is 1. The molecule has 0 spiro atoms. The normalized spacial score (nSPS) is 10.7. The second-order valence-corrected chi connectivity index (χ2v) is 5.64. The number of carbonyl (C=O) groups is 1. The molecule has 0 bridgehead atoms. The van der Waals surface area contributed by atoms with Gasteiger partial charge in [0.25, 0.3) is 5.91 Å². The smallest absolute Gasteiger partial charge is 0.267 e. The molecule has 2 aromatic carbocycles. The molecule has 3 aromatic rings. The molecule has 0 aliphatic rings. The SMILES string of the molecule is O=C(Nc1ccccc1)c1sc2cc(F)ccc2c1Cl. The van der Waals surface area contributed by atoms with Gasteiger partial charge in [-0.15, -0.1) is 11.3 Å². The topological polar surface area (TPSA) is 29.1 Å². The average molecular weight is 306 g/mol. The Morgan fingerprint density at radius 3 is 2.65 bits per heavy atom. The molecule has 100 valence electrons. The van der Waals surface area contributed by atoms with Crippen molar-refractivity contribution >= 4 is 44.6 Å². The summed E-state index contributed by atoms with van der Waals surface area (Å²) in [7, 11) is 0. The summed E-state index contributed by atoms with van der Waals surface area (Å²) in [6.07, 6.45) is 0. The van der Waals surface area contributed by atoms with Crippen molar-refractivity contribution in [3.05, 3.63) is 64.2 Å². The number of anilines is 1. The summed E-state index contributed by atoms with van der Waals surface area (Å²) in [6.45, 7) is 0. The van der Waals surface area contributed by atoms with Gasteiger partial charge in [0.05, 0.1) is 5.02 Å². The van der Waals surface area contributed by atoms with Crippen molar-refractivity contribution in [3.8, 4) is 0 Å². The van der Waals surface area contributed by atoms with Crippen LogP contribution >= 0.6 is 22.9 Å². The fourth-order valence-corrected chi connectivity index (χ4v) is 3.33. The van der Waals surface area contributed by atoms with E-state index in [0.29, 0.717) is 25.7 Å². The monoisotopic (exact) mass is 305 g/mol. The van der Waals surface area contributed by atoms with Gasteiger partial charge in [-0.1, -0.05) is 29.8 Å². The minimum atomic E-state index is -0.342. The maximum absolute atomic E-state index is 13.2. The van der Waals surface area contributed by atoms with E-state index in [1.807, 2.05) is 18.2 Å². The molecular formula is C15H9ClFNOS. The molecular weight excluding hydrogens is 297 g/mol. The van der Waals surface area contributed by atoms with Crippen LogP contribution in [0.2, 0.25) is 5.02 Å². The molecule has 0 saturated carbocycles. The zero-order chi connectivity index (χ0) is 14.1. The van der Waals surface area contributed by atoms with Crippen molar-refractivity contribution in [3.63, 3.8) is 0 Å². The van der Waals surface area contributed by atoms with Crippen LogP contribution in [0.5, 0.6) is 0 Å². The highest BCUT2D eigenvalue weighted by Crippen LogP contribution is 2.36. The van der Waals surface area contributed by atoms with E-state index in [-0.39, 0.29) is 11.7 Å². The molecule has 2 nitrogen and oxygen atoms in total. The standard InChI is InChI=1S/C15H9ClFNOS/c16-13-11-7-6-9(17)8-12(11)20-14(13)15(19)18-10-4-2-1-3-5-10/h1-8H,(H,18,19). The molecule has 0 saturated heterocycles. The van der Waals surface area contributed by atoms with E-state index in [1.165, 1.54) is 23.5 Å². The molecule has 0 aliphatic heterocycles. The second kappa shape index (κ2) is 5.23. The van der Waals surface area contributed by atoms with Crippen LogP contribution < -0.4 is 5.32 Å². The van der Waals surface area contributed by atoms with Crippen molar-refractivity contribution in [1.82, 2.24) is 0 Å². The lowest BCUT2D eigenvalue weighted by Crippen LogP contribution is -2.10. The van der Waals surface area contributed by atoms with Gasteiger partial charge in [0.2, 0.25) is 0 Å². The lowest BCUT2D eigenvalue weighted by Gasteiger charge is -2.03. The third-order valence-corrected chi connectivity index (χ3v) is 4.49. The molecule has 1 aromatic heterocycles. The lowest BCUT2D eigenvalue weighted by molar-refractivity contribution is 0.103. The summed E-state index contributed by atoms with van der Waals surface area (Å²) in [6, 6.07) is 13.4. The Kier molecular flexibility index (Phi) is 3.42. The molecule has 3 rings (SSSR count). The minimum Gasteiger partial charge on any atom is -0.321 e. The Morgan fingerprint density at radius 1 is 1.15 bits per heavy atom. The molecule has 1 N–H and O–H groups in total. The Labute approximate surface area is 123 Å². The maximum Gasteiger partial charge on any atom is 0.267 e. The van der Waals surface area contributed by atoms with Gasteiger partial charge in [0.1, 0.15) is 10.7 Å². The van der Waals surface area contributed by atoms with Gasteiger partial charge in [0.15, 0.2) is 0 Å². The summed E-state index contributed by atoms with van der Waals surface area (Å²) in [5.41, 5.74) is 0.692. The number of hydrogen-bond acceptors (Lipinski definition) is 2. The quantitative estimate of drug-likeness (QED) is 0.713. The van der Waals surface area contributed by atoms with Crippen molar-refractivity contribution < 1.29 is 9.18 Å². The number of rotatable bonds is 2. The summed E-state index contributed by atoms with van der Waals surface area (Å²) in [5.74, 6) is -0.631. The van der Waals surface area contributed by atoms with Gasteiger partial charge in [-0.2, -0.15) is 0 Å². The summed E-state index contributed by atoms with van der Waals surface area (Å²) >= 11 is 7.38. The first-order valence-corrected chi connectivity index (χ1v) is 7.08. The Balaban J connectivity index is 1.97. The van der Waals surface area contributed by atoms with Gasteiger partial charge in [-0.25, -0.2) is 4.39 Å². The first-order valence-electron chi connectivity index (χ1n) is 5.89. The van der Waals surface area contributed by atoms with Gasteiger partial charge < -0.3 is 5.32 Å². The van der Waals surface area contributed by atoms with Gasteiger partial charge >= 0.3 is 0 Å². The number of nitrogens with one attached hydrogen (secondary N) is 1. The zero-order valence-electron chi connectivity index (χ0n) is 10.2. The van der Waals surface area contributed by atoms with Crippen LogP contribution in [-0.4, -0.2) is 5.91 Å². The number of fused-ring (bicyclic) bond motifs is 1. The Morgan fingerprint density at radius 2 is 1.90 bits per heavy atom. The molecule has 0 fully saturated rings. The van der Waals surface area contributed by atoms with Crippen LogP contribution in [0, 0.1) is 5.82 Å². The number of hydrogen-bond donors (Lipinski definition) is 1. The van der Waals surface area contributed by atoms with Crippen LogP contribution in [0.4, 0.5) is 10.1 Å². The third-order valence-electron chi connectivity index (χ3n) is 2.83. The molecule has 1 heterocycles. The largest absolute Gasteiger partial charge is 0.321 e. The summed E-state index contributed by atoms with van der Waals surface area (Å²) < 4.78 is 13.8. The maximum atomic E-state index is 13.2. The van der Waals surface area contributed by atoms with Crippen LogP contribution in [0.25, 0.3) is 10.1 Å². The van der Waals surface area contributed by atoms with E-state index in [0.717, 1.165) is 0 Å². The first kappa shape index (κ1) is 13.1. The molecule has 0 unspecified atom stereocenters. The van der Waals surface area contributed by atoms with Gasteiger partial charge in [-0.05, 0) is 30.3 Å². The van der Waals surface area contributed by atoms with E-state index >= 15 is 0 Å². The van der Waals surface area contributed by atoms with E-state index in [2.05, 4.69) is 5.32 Å². The highest BCUT2D eigenvalue weighted by molar-refractivity contribution is 7.21. The van der Waals surface area contributed by atoms with E-state index in [9.17, 15) is 9.18 Å². The average Bonchev–Trinajstić information content (AvgIpc) is 2.76. The fourth-order valence-electron chi connectivity index (χ4n) is 1.89. The van der Waals surface area contributed by atoms with Crippen LogP contribution in [0.15, 0.2) is 48.5 Å². The number of para-hydroxylation sites is 1. The Bertz CT molecular complexity index is 785. The summed E-state index contributed by atoms with van der Waals surface area (Å²) in [4.78, 5) is 12.6. The molecule has 0 radical (unpaired) electrons. The molecule has 0 aliphatic carbocycles. The fraction of sp³-hybridized carbons (Fsp3) is 0. The number of thiophene rings is 1. The number of benzene rings is 2. The van der Waals surface area contributed by atoms with E-state index in [4.69, 9.17) is 11.6 Å². The van der Waals surface area contributed by atoms with Crippen LogP contribution in [0.1, 0.15) is 9.67 Å². The van der Waals surface area contributed by atoms with Crippen molar-refractivity contribution in [1.29, 1.82) is 0 Å². The van der Waals surface area contributed by atoms with Crippen molar-refractivity contribution in [2.24, 2.45) is 0 Å². The molecule has 20 heavy (non-hydrogen) atoms. The van der Waals surface area contributed by atoms with Gasteiger partial charge in [-0.3, -0.25) is 4.79 Å². The number of carbonyl (C=O) groups excluding carboxylic acids is 1. The zero-order valence-corrected chi connectivity index (χ0v) is 11.8. The molecule has 1 amide bonds. The first-order chi connectivity index (χ1) is 9.65. The predicted octanol–water partition coefficient (Wildman–Crippen LogP) is 4.95. The van der Waals surface area contributed by atoms with Gasteiger partial charge in [0, 0.05) is 15.8 Å². The van der Waals surface area contributed by atoms with Crippen molar-refractivity contribution in [2.45, 2.75) is 0 Å². The molecule has 5 heteroatoms.